The molecule has 0 aliphatic carbocycles. The molecular formula is C18H26O4. The van der Waals surface area contributed by atoms with Gasteiger partial charge < -0.3 is 18.9 Å². The van der Waals surface area contributed by atoms with E-state index in [1.807, 2.05) is 32.0 Å². The quantitative estimate of drug-likeness (QED) is 0.832. The van der Waals surface area contributed by atoms with Gasteiger partial charge in [0.15, 0.2) is 12.1 Å². The van der Waals surface area contributed by atoms with Crippen LogP contribution in [-0.4, -0.2) is 29.9 Å². The number of benzene rings is 1. The van der Waals surface area contributed by atoms with Crippen molar-refractivity contribution in [2.75, 3.05) is 0 Å². The van der Waals surface area contributed by atoms with Crippen molar-refractivity contribution >= 4 is 0 Å². The second-order valence-electron chi connectivity index (χ2n) is 6.58. The molecule has 0 bridgehead atoms. The summed E-state index contributed by atoms with van der Waals surface area (Å²) >= 11 is 0. The molecular weight excluding hydrogens is 280 g/mol. The molecule has 2 saturated heterocycles. The SMILES string of the molecule is CCC1(CC)O[C@H]2OC(C)(C)O[C@H]2C1OCc1ccccc1. The minimum atomic E-state index is -0.614. The Morgan fingerprint density at radius 3 is 2.32 bits per heavy atom. The van der Waals surface area contributed by atoms with Crippen LogP contribution >= 0.6 is 0 Å². The molecule has 4 nitrogen and oxygen atoms in total. The fourth-order valence-corrected chi connectivity index (χ4v) is 3.48. The average molecular weight is 306 g/mol. The summed E-state index contributed by atoms with van der Waals surface area (Å²) in [5.74, 6) is -0.614. The molecule has 22 heavy (non-hydrogen) atoms. The Morgan fingerprint density at radius 2 is 1.68 bits per heavy atom. The van der Waals surface area contributed by atoms with Crippen molar-refractivity contribution in [3.63, 3.8) is 0 Å². The van der Waals surface area contributed by atoms with Gasteiger partial charge in [-0.2, -0.15) is 0 Å². The molecule has 2 heterocycles. The summed E-state index contributed by atoms with van der Waals surface area (Å²) in [5, 5.41) is 0. The lowest BCUT2D eigenvalue weighted by atomic mass is 9.89. The number of fused-ring (bicyclic) bond motifs is 1. The maximum Gasteiger partial charge on any atom is 0.190 e. The normalized spacial score (nSPS) is 32.1. The lowest BCUT2D eigenvalue weighted by Gasteiger charge is -2.35. The van der Waals surface area contributed by atoms with Gasteiger partial charge in [0, 0.05) is 0 Å². The number of hydrogen-bond acceptors (Lipinski definition) is 4. The lowest BCUT2D eigenvalue weighted by Crippen LogP contribution is -2.46. The van der Waals surface area contributed by atoms with Crippen LogP contribution in [0, 0.1) is 0 Å². The topological polar surface area (TPSA) is 36.9 Å². The van der Waals surface area contributed by atoms with Crippen LogP contribution in [0.1, 0.15) is 46.1 Å². The van der Waals surface area contributed by atoms with E-state index in [1.165, 1.54) is 0 Å². The van der Waals surface area contributed by atoms with E-state index < -0.39 is 5.79 Å². The first-order valence-corrected chi connectivity index (χ1v) is 8.18. The Hall–Kier alpha value is -0.940. The highest BCUT2D eigenvalue weighted by Gasteiger charge is 2.61. The van der Waals surface area contributed by atoms with Gasteiger partial charge >= 0.3 is 0 Å². The van der Waals surface area contributed by atoms with Crippen LogP contribution in [0.3, 0.4) is 0 Å². The van der Waals surface area contributed by atoms with Crippen molar-refractivity contribution in [3.8, 4) is 0 Å². The zero-order valence-corrected chi connectivity index (χ0v) is 13.9. The smallest absolute Gasteiger partial charge is 0.190 e. The maximum atomic E-state index is 6.26. The summed E-state index contributed by atoms with van der Waals surface area (Å²) in [6.45, 7) is 8.66. The zero-order valence-electron chi connectivity index (χ0n) is 13.9. The van der Waals surface area contributed by atoms with Crippen LogP contribution in [0.25, 0.3) is 0 Å². The van der Waals surface area contributed by atoms with Gasteiger partial charge in [-0.3, -0.25) is 0 Å². The molecule has 0 N–H and O–H groups in total. The van der Waals surface area contributed by atoms with Gasteiger partial charge in [0.1, 0.15) is 12.2 Å². The number of ether oxygens (including phenoxy) is 4. The van der Waals surface area contributed by atoms with E-state index in [4.69, 9.17) is 18.9 Å². The molecule has 0 saturated carbocycles. The Morgan fingerprint density at radius 1 is 1.00 bits per heavy atom. The van der Waals surface area contributed by atoms with E-state index in [9.17, 15) is 0 Å². The third kappa shape index (κ3) is 2.81. The number of rotatable bonds is 5. The summed E-state index contributed by atoms with van der Waals surface area (Å²) in [5.41, 5.74) is 0.825. The highest BCUT2D eigenvalue weighted by Crippen LogP contribution is 2.46. The molecule has 122 valence electrons. The first-order chi connectivity index (χ1) is 10.5. The first-order valence-electron chi connectivity index (χ1n) is 8.18. The maximum absolute atomic E-state index is 6.26. The lowest BCUT2D eigenvalue weighted by molar-refractivity contribution is -0.246. The summed E-state index contributed by atoms with van der Waals surface area (Å²) in [4.78, 5) is 0. The molecule has 2 fully saturated rings. The zero-order chi connectivity index (χ0) is 15.8. The molecule has 1 aromatic rings. The van der Waals surface area contributed by atoms with Gasteiger partial charge in [0.25, 0.3) is 0 Å². The van der Waals surface area contributed by atoms with Gasteiger partial charge in [0.05, 0.1) is 12.2 Å². The summed E-state index contributed by atoms with van der Waals surface area (Å²) in [6.07, 6.45) is 1.13. The molecule has 0 spiro atoms. The Kier molecular flexibility index (Phi) is 4.29. The molecule has 0 amide bonds. The summed E-state index contributed by atoms with van der Waals surface area (Å²) < 4.78 is 24.4. The Balaban J connectivity index is 1.77. The van der Waals surface area contributed by atoms with E-state index in [-0.39, 0.29) is 24.1 Å². The summed E-state index contributed by atoms with van der Waals surface area (Å²) in [6, 6.07) is 10.2. The van der Waals surface area contributed by atoms with Crippen LogP contribution in [0.2, 0.25) is 0 Å². The van der Waals surface area contributed by atoms with Crippen molar-refractivity contribution < 1.29 is 18.9 Å². The van der Waals surface area contributed by atoms with Crippen LogP contribution < -0.4 is 0 Å². The molecule has 3 atom stereocenters. The average Bonchev–Trinajstić information content (AvgIpc) is 2.95. The van der Waals surface area contributed by atoms with E-state index in [0.717, 1.165) is 18.4 Å². The van der Waals surface area contributed by atoms with Crippen LogP contribution in [-0.2, 0) is 25.6 Å². The third-order valence-corrected chi connectivity index (χ3v) is 4.73. The van der Waals surface area contributed by atoms with Gasteiger partial charge in [-0.1, -0.05) is 44.2 Å². The van der Waals surface area contributed by atoms with Gasteiger partial charge in [0.2, 0.25) is 0 Å². The van der Waals surface area contributed by atoms with Gasteiger partial charge in [-0.25, -0.2) is 0 Å². The second kappa shape index (κ2) is 5.93. The molecule has 1 unspecified atom stereocenters. The fourth-order valence-electron chi connectivity index (χ4n) is 3.48. The molecule has 1 aromatic carbocycles. The minimum Gasteiger partial charge on any atom is -0.368 e. The second-order valence-corrected chi connectivity index (χ2v) is 6.58. The van der Waals surface area contributed by atoms with E-state index in [1.54, 1.807) is 0 Å². The molecule has 0 aromatic heterocycles. The predicted octanol–water partition coefficient (Wildman–Crippen LogP) is 3.64. The van der Waals surface area contributed by atoms with Crippen LogP contribution in [0.5, 0.6) is 0 Å². The summed E-state index contributed by atoms with van der Waals surface area (Å²) in [7, 11) is 0. The molecule has 2 aliphatic rings. The van der Waals surface area contributed by atoms with Crippen molar-refractivity contribution in [2.24, 2.45) is 0 Å². The molecule has 4 heteroatoms. The fraction of sp³-hybridized carbons (Fsp3) is 0.667. The third-order valence-electron chi connectivity index (χ3n) is 4.73. The van der Waals surface area contributed by atoms with Crippen molar-refractivity contribution in [2.45, 2.75) is 77.0 Å². The van der Waals surface area contributed by atoms with Gasteiger partial charge in [-0.15, -0.1) is 0 Å². The van der Waals surface area contributed by atoms with E-state index in [0.29, 0.717) is 6.61 Å². The Labute approximate surface area is 132 Å². The molecule has 3 rings (SSSR count). The van der Waals surface area contributed by atoms with Crippen LogP contribution in [0.15, 0.2) is 30.3 Å². The molecule has 2 aliphatic heterocycles. The van der Waals surface area contributed by atoms with Gasteiger partial charge in [-0.05, 0) is 32.3 Å². The van der Waals surface area contributed by atoms with E-state index >= 15 is 0 Å². The largest absolute Gasteiger partial charge is 0.368 e. The van der Waals surface area contributed by atoms with Crippen LogP contribution in [0.4, 0.5) is 0 Å². The molecule has 0 radical (unpaired) electrons. The van der Waals surface area contributed by atoms with E-state index in [2.05, 4.69) is 26.0 Å². The predicted molar refractivity (Wildman–Crippen MR) is 83.2 cm³/mol. The van der Waals surface area contributed by atoms with Crippen molar-refractivity contribution in [1.29, 1.82) is 0 Å². The monoisotopic (exact) mass is 306 g/mol. The van der Waals surface area contributed by atoms with Crippen molar-refractivity contribution in [3.05, 3.63) is 35.9 Å². The first kappa shape index (κ1) is 15.9. The standard InChI is InChI=1S/C18H26O4/c1-5-18(6-2)15(19-12-13-10-8-7-9-11-13)14-16(22-18)21-17(3,4)20-14/h7-11,14-16H,5-6,12H2,1-4H3/t14-,15?,16+/m0/s1. The van der Waals surface area contributed by atoms with Crippen molar-refractivity contribution in [1.82, 2.24) is 0 Å². The minimum absolute atomic E-state index is 0.116. The Bertz CT molecular complexity index is 495. The highest BCUT2D eigenvalue weighted by atomic mass is 16.8. The highest BCUT2D eigenvalue weighted by molar-refractivity contribution is 5.14. The number of hydrogen-bond donors (Lipinski definition) is 0.